The van der Waals surface area contributed by atoms with Crippen LogP contribution in [0.4, 0.5) is 5.69 Å². The van der Waals surface area contributed by atoms with Gasteiger partial charge in [-0.3, -0.25) is 9.78 Å². The van der Waals surface area contributed by atoms with Gasteiger partial charge >= 0.3 is 0 Å². The number of likely N-dealkylation sites (N-methyl/N-ethyl adjacent to an activating group) is 1. The largest absolute Gasteiger partial charge is 0.377 e. The first-order valence-corrected chi connectivity index (χ1v) is 11.1. The molecule has 2 N–H and O–H groups in total. The highest BCUT2D eigenvalue weighted by atomic mass is 32.2. The maximum atomic E-state index is 11.5. The highest BCUT2D eigenvalue weighted by molar-refractivity contribution is 7.88. The molecule has 152 valence electrons. The van der Waals surface area contributed by atoms with Crippen molar-refractivity contribution in [2.24, 2.45) is 5.73 Å². The van der Waals surface area contributed by atoms with Gasteiger partial charge in [-0.15, -0.1) is 0 Å². The van der Waals surface area contributed by atoms with E-state index in [1.165, 1.54) is 10.6 Å². The van der Waals surface area contributed by atoms with E-state index in [0.717, 1.165) is 42.4 Å². The third kappa shape index (κ3) is 4.78. The Morgan fingerprint density at radius 3 is 2.68 bits per heavy atom. The van der Waals surface area contributed by atoms with Crippen molar-refractivity contribution in [3.63, 3.8) is 0 Å². The molecule has 0 bridgehead atoms. The van der Waals surface area contributed by atoms with Crippen LogP contribution in [-0.2, 0) is 14.8 Å². The monoisotopic (exact) mass is 406 g/mol. The van der Waals surface area contributed by atoms with E-state index in [0.29, 0.717) is 18.7 Å². The molecule has 0 radical (unpaired) electrons. The summed E-state index contributed by atoms with van der Waals surface area (Å²) in [5.41, 5.74) is 6.88. The fraction of sp³-hybridized carbons (Fsp3) is 0.474. The van der Waals surface area contributed by atoms with Crippen molar-refractivity contribution in [3.05, 3.63) is 36.2 Å². The van der Waals surface area contributed by atoms with Crippen LogP contribution in [0.25, 0.3) is 10.8 Å². The zero-order chi connectivity index (χ0) is 20.3. The SMILES string of the molecule is CN(CCOC1CCN(c2cncc3ccc(C(N)=O)cc23)CC1)S(C)(=O)=O. The summed E-state index contributed by atoms with van der Waals surface area (Å²) in [6.07, 6.45) is 6.57. The smallest absolute Gasteiger partial charge is 0.248 e. The fourth-order valence-corrected chi connectivity index (χ4v) is 3.74. The lowest BCUT2D eigenvalue weighted by Crippen LogP contribution is -2.38. The van der Waals surface area contributed by atoms with Crippen molar-refractivity contribution in [3.8, 4) is 0 Å². The maximum absolute atomic E-state index is 11.5. The Morgan fingerprint density at radius 2 is 2.04 bits per heavy atom. The van der Waals surface area contributed by atoms with Gasteiger partial charge in [0.05, 0.1) is 30.9 Å². The first-order chi connectivity index (χ1) is 13.3. The molecule has 2 heterocycles. The van der Waals surface area contributed by atoms with E-state index in [1.807, 2.05) is 18.3 Å². The van der Waals surface area contributed by atoms with Crippen molar-refractivity contribution < 1.29 is 17.9 Å². The first-order valence-electron chi connectivity index (χ1n) is 9.21. The summed E-state index contributed by atoms with van der Waals surface area (Å²) in [4.78, 5) is 18.1. The average molecular weight is 407 g/mol. The van der Waals surface area contributed by atoms with E-state index in [4.69, 9.17) is 10.5 Å². The van der Waals surface area contributed by atoms with Crippen LogP contribution in [0.3, 0.4) is 0 Å². The van der Waals surface area contributed by atoms with Crippen LogP contribution >= 0.6 is 0 Å². The lowest BCUT2D eigenvalue weighted by Gasteiger charge is -2.34. The number of sulfonamides is 1. The average Bonchev–Trinajstić information content (AvgIpc) is 2.67. The third-order valence-electron chi connectivity index (χ3n) is 5.13. The number of amides is 1. The van der Waals surface area contributed by atoms with Crippen LogP contribution in [0.15, 0.2) is 30.6 Å². The molecule has 1 aromatic carbocycles. The fourth-order valence-electron chi connectivity index (χ4n) is 3.33. The number of rotatable bonds is 7. The number of piperidine rings is 1. The van der Waals surface area contributed by atoms with Gasteiger partial charge in [0.2, 0.25) is 15.9 Å². The lowest BCUT2D eigenvalue weighted by molar-refractivity contribution is 0.0338. The molecule has 1 fully saturated rings. The number of hydrogen-bond acceptors (Lipinski definition) is 6. The van der Waals surface area contributed by atoms with Crippen LogP contribution in [0.2, 0.25) is 0 Å². The Bertz CT molecular complexity index is 956. The number of anilines is 1. The van der Waals surface area contributed by atoms with E-state index in [-0.39, 0.29) is 6.10 Å². The first kappa shape index (κ1) is 20.5. The molecule has 1 aliphatic heterocycles. The number of benzene rings is 1. The van der Waals surface area contributed by atoms with E-state index in [1.54, 1.807) is 19.3 Å². The lowest BCUT2D eigenvalue weighted by atomic mass is 10.0. The zero-order valence-corrected chi connectivity index (χ0v) is 17.0. The van der Waals surface area contributed by atoms with Crippen molar-refractivity contribution in [1.29, 1.82) is 0 Å². The number of primary amides is 1. The summed E-state index contributed by atoms with van der Waals surface area (Å²) in [5.74, 6) is -0.448. The van der Waals surface area contributed by atoms with E-state index >= 15 is 0 Å². The van der Waals surface area contributed by atoms with Crippen molar-refractivity contribution in [2.75, 3.05) is 44.4 Å². The van der Waals surface area contributed by atoms with Crippen molar-refractivity contribution in [2.45, 2.75) is 18.9 Å². The minimum Gasteiger partial charge on any atom is -0.377 e. The number of aromatic nitrogens is 1. The van der Waals surface area contributed by atoms with Crippen LogP contribution in [0, 0.1) is 0 Å². The Labute approximate surface area is 165 Å². The quantitative estimate of drug-likeness (QED) is 0.741. The molecule has 3 rings (SSSR count). The minimum atomic E-state index is -3.18. The molecule has 0 atom stereocenters. The van der Waals surface area contributed by atoms with Gasteiger partial charge in [0.1, 0.15) is 0 Å². The molecule has 0 aliphatic carbocycles. The number of nitrogens with zero attached hydrogens (tertiary/aromatic N) is 3. The highest BCUT2D eigenvalue weighted by Gasteiger charge is 2.22. The molecule has 0 saturated carbocycles. The topological polar surface area (TPSA) is 106 Å². The predicted molar refractivity (Wildman–Crippen MR) is 109 cm³/mol. The summed E-state index contributed by atoms with van der Waals surface area (Å²) in [5, 5.41) is 1.92. The molecule has 0 spiro atoms. The number of hydrogen-bond donors (Lipinski definition) is 1. The Kier molecular flexibility index (Phi) is 6.17. The minimum absolute atomic E-state index is 0.105. The van der Waals surface area contributed by atoms with Gasteiger partial charge < -0.3 is 15.4 Å². The standard InChI is InChI=1S/C19H26N4O4S/c1-22(28(2,25)26)9-10-27-16-5-7-23(8-6-16)18-13-21-12-15-4-3-14(19(20)24)11-17(15)18/h3-4,11-13,16H,5-10H2,1-2H3,(H2,20,24). The second kappa shape index (κ2) is 8.42. The van der Waals surface area contributed by atoms with Crippen LogP contribution in [-0.4, -0.2) is 69.3 Å². The van der Waals surface area contributed by atoms with E-state index < -0.39 is 15.9 Å². The van der Waals surface area contributed by atoms with Gasteiger partial charge in [0, 0.05) is 49.2 Å². The number of carbonyl (C=O) groups is 1. The molecule has 1 aromatic heterocycles. The summed E-state index contributed by atoms with van der Waals surface area (Å²) in [7, 11) is -1.63. The Hall–Kier alpha value is -2.23. The van der Waals surface area contributed by atoms with Gasteiger partial charge in [0.25, 0.3) is 0 Å². The molecular weight excluding hydrogens is 380 g/mol. The van der Waals surface area contributed by atoms with Gasteiger partial charge in [-0.25, -0.2) is 12.7 Å². The van der Waals surface area contributed by atoms with Crippen LogP contribution < -0.4 is 10.6 Å². The van der Waals surface area contributed by atoms with Crippen molar-refractivity contribution >= 4 is 32.4 Å². The Morgan fingerprint density at radius 1 is 1.32 bits per heavy atom. The highest BCUT2D eigenvalue weighted by Crippen LogP contribution is 2.29. The summed E-state index contributed by atoms with van der Waals surface area (Å²) >= 11 is 0. The molecule has 1 aliphatic rings. The molecule has 8 nitrogen and oxygen atoms in total. The van der Waals surface area contributed by atoms with Crippen LogP contribution in [0.5, 0.6) is 0 Å². The normalized spacial score (nSPS) is 16.0. The van der Waals surface area contributed by atoms with Gasteiger partial charge in [-0.05, 0) is 25.0 Å². The van der Waals surface area contributed by atoms with E-state index in [2.05, 4.69) is 9.88 Å². The predicted octanol–water partition coefficient (Wildman–Crippen LogP) is 1.21. The number of pyridine rings is 1. The molecular formula is C19H26N4O4S. The molecule has 9 heteroatoms. The summed E-state index contributed by atoms with van der Waals surface area (Å²) in [6.45, 7) is 2.33. The van der Waals surface area contributed by atoms with Crippen LogP contribution in [0.1, 0.15) is 23.2 Å². The van der Waals surface area contributed by atoms with Gasteiger partial charge in [-0.1, -0.05) is 6.07 Å². The maximum Gasteiger partial charge on any atom is 0.248 e. The molecule has 28 heavy (non-hydrogen) atoms. The Balaban J connectivity index is 1.62. The molecule has 1 amide bonds. The van der Waals surface area contributed by atoms with Gasteiger partial charge in [-0.2, -0.15) is 0 Å². The summed E-state index contributed by atoms with van der Waals surface area (Å²) < 4.78 is 30.0. The number of ether oxygens (including phenoxy) is 1. The van der Waals surface area contributed by atoms with E-state index in [9.17, 15) is 13.2 Å². The van der Waals surface area contributed by atoms with Gasteiger partial charge in [0.15, 0.2) is 0 Å². The second-order valence-electron chi connectivity index (χ2n) is 7.10. The number of nitrogens with two attached hydrogens (primary N) is 1. The number of fused-ring (bicyclic) bond motifs is 1. The van der Waals surface area contributed by atoms with Crippen molar-refractivity contribution in [1.82, 2.24) is 9.29 Å². The zero-order valence-electron chi connectivity index (χ0n) is 16.2. The molecule has 1 saturated heterocycles. The second-order valence-corrected chi connectivity index (χ2v) is 9.19. The molecule has 2 aromatic rings. The molecule has 0 unspecified atom stereocenters. The third-order valence-corrected chi connectivity index (χ3v) is 6.45. The number of carbonyl (C=O) groups excluding carboxylic acids is 1. The summed E-state index contributed by atoms with van der Waals surface area (Å²) in [6, 6.07) is 5.39.